The van der Waals surface area contributed by atoms with Gasteiger partial charge in [0, 0.05) is 38.3 Å². The van der Waals surface area contributed by atoms with E-state index >= 15 is 0 Å². The number of guanidine groups is 2. The van der Waals surface area contributed by atoms with Crippen LogP contribution in [0, 0.1) is 0 Å². The molecule has 0 unspecified atom stereocenters. The summed E-state index contributed by atoms with van der Waals surface area (Å²) in [5.41, 5.74) is -3.64. The van der Waals surface area contributed by atoms with Crippen molar-refractivity contribution in [3.8, 4) is 0 Å². The van der Waals surface area contributed by atoms with E-state index in [1.807, 2.05) is 45.0 Å². The summed E-state index contributed by atoms with van der Waals surface area (Å²) in [7, 11) is 0. The highest BCUT2D eigenvalue weighted by Gasteiger charge is 2.36. The van der Waals surface area contributed by atoms with Crippen molar-refractivity contribution in [2.75, 3.05) is 32.7 Å². The van der Waals surface area contributed by atoms with Crippen LogP contribution in [0.5, 0.6) is 0 Å². The number of benzene rings is 1. The summed E-state index contributed by atoms with van der Waals surface area (Å²) in [5, 5.41) is 5.47. The van der Waals surface area contributed by atoms with Gasteiger partial charge in [-0.2, -0.15) is 0 Å². The van der Waals surface area contributed by atoms with Crippen LogP contribution in [0.3, 0.4) is 0 Å². The molecule has 0 atom stereocenters. The zero-order valence-electron chi connectivity index (χ0n) is 46.6. The fraction of sp³-hybridized carbons (Fsp3) is 0.712. The predicted molar refractivity (Wildman–Crippen MR) is 277 cm³/mol. The number of rotatable bonds is 13. The molecule has 0 aliphatic carbocycles. The van der Waals surface area contributed by atoms with Gasteiger partial charge in [-0.05, 0) is 156 Å². The van der Waals surface area contributed by atoms with Gasteiger partial charge < -0.3 is 33.7 Å². The Labute approximate surface area is 428 Å². The van der Waals surface area contributed by atoms with E-state index in [2.05, 4.69) is 25.6 Å². The first-order chi connectivity index (χ1) is 32.9. The van der Waals surface area contributed by atoms with Gasteiger partial charge in [0.25, 0.3) is 0 Å². The molecule has 1 aliphatic heterocycles. The molecule has 0 radical (unpaired) electrons. The van der Waals surface area contributed by atoms with Crippen LogP contribution in [0.15, 0.2) is 39.2 Å². The minimum Gasteiger partial charge on any atom is -0.444 e. The van der Waals surface area contributed by atoms with Gasteiger partial charge in [-0.15, -0.1) is 9.98 Å². The summed E-state index contributed by atoms with van der Waals surface area (Å²) in [6.07, 6.45) is 0.137. The number of amides is 6. The van der Waals surface area contributed by atoms with Crippen LogP contribution < -0.4 is 10.6 Å². The van der Waals surface area contributed by atoms with Crippen LogP contribution in [0.25, 0.3) is 0 Å². The quantitative estimate of drug-likeness (QED) is 0.0812. The van der Waals surface area contributed by atoms with Crippen molar-refractivity contribution in [3.05, 3.63) is 35.4 Å². The van der Waals surface area contributed by atoms with E-state index in [-0.39, 0.29) is 31.4 Å². The molecular weight excluding hydrogens is 929 g/mol. The molecule has 0 fully saturated rings. The molecule has 406 valence electrons. The average molecular weight is 1020 g/mol. The highest BCUT2D eigenvalue weighted by atomic mass is 16.6. The molecule has 0 saturated carbocycles. The lowest BCUT2D eigenvalue weighted by Gasteiger charge is -2.34. The van der Waals surface area contributed by atoms with E-state index in [0.29, 0.717) is 56.7 Å². The third kappa shape index (κ3) is 26.5. The van der Waals surface area contributed by atoms with Gasteiger partial charge in [-0.1, -0.05) is 49.9 Å². The summed E-state index contributed by atoms with van der Waals surface area (Å²) >= 11 is 0. The van der Waals surface area contributed by atoms with E-state index in [4.69, 9.17) is 28.4 Å². The number of amidine groups is 1. The number of carbonyl (C=O) groups excluding carboxylic acids is 6. The summed E-state index contributed by atoms with van der Waals surface area (Å²) < 4.78 is 33.6. The molecule has 0 saturated heterocycles. The Balaban J connectivity index is 2.38. The predicted octanol–water partition coefficient (Wildman–Crippen LogP) is 11.1. The number of ether oxygens (including phenoxy) is 6. The lowest BCUT2D eigenvalue weighted by molar-refractivity contribution is 0.0270. The second kappa shape index (κ2) is 26.7. The number of aliphatic imine (C=N–C) groups is 3. The zero-order valence-corrected chi connectivity index (χ0v) is 46.6. The SMILES string of the molecule is CC(C)(C)OC(=O)/N=C(/N(CCCCCCCCN/C(=N\C(=O)OC(C)(C)C)NC(=O)OC(C)(C)C)C(=O)OC(C)(C)C)N(CCc1ccc(C2=NCCCN2C(=O)OC(C)(C)C)cc1)C(=O)OC(C)(C)C. The number of hydrogen-bond acceptors (Lipinski definition) is 13. The molecule has 20 nitrogen and oxygen atoms in total. The monoisotopic (exact) mass is 1010 g/mol. The minimum absolute atomic E-state index is 0.0170. The van der Waals surface area contributed by atoms with Crippen LogP contribution in [-0.4, -0.2) is 135 Å². The van der Waals surface area contributed by atoms with Crippen molar-refractivity contribution in [1.82, 2.24) is 25.3 Å². The van der Waals surface area contributed by atoms with Crippen LogP contribution >= 0.6 is 0 Å². The summed E-state index contributed by atoms with van der Waals surface area (Å²) in [6.45, 7) is 32.4. The fourth-order valence-corrected chi connectivity index (χ4v) is 6.42. The highest BCUT2D eigenvalue weighted by Crippen LogP contribution is 2.21. The number of carbonyl (C=O) groups is 6. The van der Waals surface area contributed by atoms with Crippen LogP contribution in [0.4, 0.5) is 28.8 Å². The second-order valence-corrected chi connectivity index (χ2v) is 23.4. The first kappa shape index (κ1) is 62.2. The van der Waals surface area contributed by atoms with Crippen molar-refractivity contribution in [1.29, 1.82) is 0 Å². The maximum absolute atomic E-state index is 14.3. The van der Waals surface area contributed by atoms with E-state index in [0.717, 1.165) is 29.7 Å². The molecular formula is C52H86N8O12. The Hall–Kier alpha value is -5.95. The summed E-state index contributed by atoms with van der Waals surface area (Å²) in [5.74, 6) is 0.0877. The molecule has 1 aliphatic rings. The van der Waals surface area contributed by atoms with Gasteiger partial charge in [-0.25, -0.2) is 38.6 Å². The van der Waals surface area contributed by atoms with Gasteiger partial charge >= 0.3 is 36.6 Å². The minimum atomic E-state index is -1.03. The second-order valence-electron chi connectivity index (χ2n) is 23.4. The Morgan fingerprint density at radius 2 is 1.03 bits per heavy atom. The third-order valence-corrected chi connectivity index (χ3v) is 9.12. The Morgan fingerprint density at radius 1 is 0.569 bits per heavy atom. The van der Waals surface area contributed by atoms with Gasteiger partial charge in [0.2, 0.25) is 11.9 Å². The fourth-order valence-electron chi connectivity index (χ4n) is 6.42. The summed E-state index contributed by atoms with van der Waals surface area (Å²) in [4.78, 5) is 96.9. The van der Waals surface area contributed by atoms with Crippen LogP contribution in [-0.2, 0) is 34.8 Å². The number of alkyl carbamates (subject to hydrolysis) is 1. The van der Waals surface area contributed by atoms with Crippen LogP contribution in [0.2, 0.25) is 0 Å². The number of hydrogen-bond donors (Lipinski definition) is 2. The summed E-state index contributed by atoms with van der Waals surface area (Å²) in [6, 6.07) is 7.40. The van der Waals surface area contributed by atoms with Crippen LogP contribution in [0.1, 0.15) is 181 Å². The van der Waals surface area contributed by atoms with Gasteiger partial charge in [0.1, 0.15) is 39.4 Å². The molecule has 1 aromatic rings. The molecule has 2 N–H and O–H groups in total. The lowest BCUT2D eigenvalue weighted by atomic mass is 10.1. The smallest absolute Gasteiger partial charge is 0.437 e. The largest absolute Gasteiger partial charge is 0.444 e. The Kier molecular flexibility index (Phi) is 23.0. The molecule has 0 bridgehead atoms. The van der Waals surface area contributed by atoms with Gasteiger partial charge in [0.05, 0.1) is 0 Å². The standard InChI is InChI=1S/C52H86N8O12/c1-47(2,3)67-41(61)55-39(56-42(62)68-48(4,5)6)54-31-23-21-19-20-22-24-33-59(45(65)71-51(13,14)15)40(57-43(63)69-49(7,8)9)60(46(66)72-52(16,17)18)35-30-36-26-28-37(29-27-36)38-53-32-25-34-58(38)44(64)70-50(10,11)12/h26-29H,19-25,30-35H2,1-18H3,(H2,54,55,56,61,62)/b57-40-. The van der Waals surface area contributed by atoms with Crippen molar-refractivity contribution >= 4 is 54.3 Å². The van der Waals surface area contributed by atoms with Crippen molar-refractivity contribution in [3.63, 3.8) is 0 Å². The third-order valence-electron chi connectivity index (χ3n) is 9.12. The van der Waals surface area contributed by atoms with E-state index < -0.39 is 70.2 Å². The van der Waals surface area contributed by atoms with E-state index in [9.17, 15) is 28.8 Å². The van der Waals surface area contributed by atoms with Crippen molar-refractivity contribution in [2.45, 2.75) is 210 Å². The van der Waals surface area contributed by atoms with Crippen molar-refractivity contribution < 1.29 is 57.2 Å². The Bertz CT molecular complexity index is 2080. The molecule has 20 heteroatoms. The zero-order chi connectivity index (χ0) is 54.9. The molecule has 1 aromatic carbocycles. The first-order valence-corrected chi connectivity index (χ1v) is 24.9. The van der Waals surface area contributed by atoms with Crippen molar-refractivity contribution in [2.24, 2.45) is 15.0 Å². The maximum atomic E-state index is 14.3. The van der Waals surface area contributed by atoms with E-state index in [1.165, 1.54) is 9.80 Å². The molecule has 6 amide bonds. The van der Waals surface area contributed by atoms with Gasteiger partial charge in [0.15, 0.2) is 0 Å². The molecule has 2 rings (SSSR count). The molecule has 0 aromatic heterocycles. The highest BCUT2D eigenvalue weighted by molar-refractivity contribution is 6.07. The normalized spacial score (nSPS) is 14.1. The van der Waals surface area contributed by atoms with Gasteiger partial charge in [-0.3, -0.25) is 15.2 Å². The number of nitrogens with one attached hydrogen (secondary N) is 2. The molecule has 0 spiro atoms. The Morgan fingerprint density at radius 3 is 1.53 bits per heavy atom. The lowest BCUT2D eigenvalue weighted by Crippen LogP contribution is -2.53. The molecule has 72 heavy (non-hydrogen) atoms. The average Bonchev–Trinajstić information content (AvgIpc) is 3.17. The number of nitrogens with zero attached hydrogens (tertiary/aromatic N) is 6. The molecule has 1 heterocycles. The maximum Gasteiger partial charge on any atom is 0.437 e. The first-order valence-electron chi connectivity index (χ1n) is 24.9. The number of unbranched alkanes of at least 4 members (excludes halogenated alkanes) is 5. The van der Waals surface area contributed by atoms with E-state index in [1.54, 1.807) is 104 Å². The topological polar surface area (TPSA) is 229 Å².